The molecule has 2 N–H and O–H groups in total. The number of H-pyrrole nitrogens is 1. The second kappa shape index (κ2) is 7.15. The summed E-state index contributed by atoms with van der Waals surface area (Å²) in [6.45, 7) is 1.84. The summed E-state index contributed by atoms with van der Waals surface area (Å²) in [5, 5.41) is 9.28. The molecule has 1 saturated heterocycles. The second-order valence-corrected chi connectivity index (χ2v) is 6.04. The summed E-state index contributed by atoms with van der Waals surface area (Å²) in [7, 11) is 0. The number of ether oxygens (including phenoxy) is 1. The van der Waals surface area contributed by atoms with Crippen LogP contribution in [0.25, 0.3) is 0 Å². The van der Waals surface area contributed by atoms with Gasteiger partial charge >= 0.3 is 5.69 Å². The van der Waals surface area contributed by atoms with Crippen LogP contribution in [0.2, 0.25) is 0 Å². The molecule has 6 heteroatoms. The smallest absolute Gasteiger partial charge is 0.330 e. The number of aromatic amines is 1. The van der Waals surface area contributed by atoms with Crippen molar-refractivity contribution in [2.24, 2.45) is 0 Å². The van der Waals surface area contributed by atoms with Crippen molar-refractivity contribution < 1.29 is 9.84 Å². The molecule has 1 aromatic heterocycles. The molecule has 0 radical (unpaired) electrons. The highest BCUT2D eigenvalue weighted by molar-refractivity contribution is 5.27. The Labute approximate surface area is 139 Å². The molecule has 2 aromatic rings. The van der Waals surface area contributed by atoms with E-state index in [0.717, 1.165) is 5.56 Å². The minimum absolute atomic E-state index is 0.0662. The summed E-state index contributed by atoms with van der Waals surface area (Å²) in [5.74, 6) is 0. The fourth-order valence-electron chi connectivity index (χ4n) is 3.29. The molecule has 0 spiro atoms. The van der Waals surface area contributed by atoms with Gasteiger partial charge in [0.25, 0.3) is 5.56 Å². The lowest BCUT2D eigenvalue weighted by atomic mass is 10.0. The quantitative estimate of drug-likeness (QED) is 0.867. The molecule has 3 rings (SSSR count). The third-order valence-corrected chi connectivity index (χ3v) is 4.50. The monoisotopic (exact) mass is 330 g/mol. The van der Waals surface area contributed by atoms with E-state index < -0.39 is 11.9 Å². The summed E-state index contributed by atoms with van der Waals surface area (Å²) in [6, 6.07) is 9.75. The van der Waals surface area contributed by atoms with E-state index in [1.165, 1.54) is 0 Å². The van der Waals surface area contributed by atoms with Gasteiger partial charge in [0.15, 0.2) is 0 Å². The molecule has 1 aromatic carbocycles. The number of aliphatic hydroxyl groups excluding tert-OH is 1. The summed E-state index contributed by atoms with van der Waals surface area (Å²) >= 11 is 0. The maximum atomic E-state index is 12.5. The molecule has 0 saturated carbocycles. The minimum atomic E-state index is -0.452. The van der Waals surface area contributed by atoms with Gasteiger partial charge in [-0.3, -0.25) is 14.3 Å². The Morgan fingerprint density at radius 2 is 2.00 bits per heavy atom. The number of hydrogen-bond acceptors (Lipinski definition) is 4. The standard InChI is InChI=1S/C18H22N2O4/c1-2-14-15(10-12-6-4-3-5-7-12)20(18(23)19-17(14)22)16-9-8-13(11-21)24-16/h3-7,13,16,21H,2,8-11H2,1H3,(H,19,22,23)/t13-,16-/m0/s1. The number of benzene rings is 1. The Kier molecular flexibility index (Phi) is 4.97. The number of aromatic nitrogens is 2. The molecule has 0 aliphatic carbocycles. The molecule has 1 aliphatic heterocycles. The largest absolute Gasteiger partial charge is 0.394 e. The number of hydrogen-bond donors (Lipinski definition) is 2. The molecule has 1 aliphatic rings. The van der Waals surface area contributed by atoms with Crippen molar-refractivity contribution in [2.45, 2.75) is 44.9 Å². The van der Waals surface area contributed by atoms with Crippen LogP contribution in [0.1, 0.15) is 42.8 Å². The third-order valence-electron chi connectivity index (χ3n) is 4.50. The maximum Gasteiger partial charge on any atom is 0.330 e. The van der Waals surface area contributed by atoms with E-state index in [1.54, 1.807) is 4.57 Å². The molecular weight excluding hydrogens is 308 g/mol. The highest BCUT2D eigenvalue weighted by Crippen LogP contribution is 2.28. The van der Waals surface area contributed by atoms with Gasteiger partial charge in [-0.15, -0.1) is 0 Å². The van der Waals surface area contributed by atoms with Crippen LogP contribution in [-0.2, 0) is 17.6 Å². The summed E-state index contributed by atoms with van der Waals surface area (Å²) in [4.78, 5) is 27.1. The molecule has 0 bridgehead atoms. The van der Waals surface area contributed by atoms with E-state index in [0.29, 0.717) is 36.9 Å². The van der Waals surface area contributed by atoms with Crippen molar-refractivity contribution in [3.8, 4) is 0 Å². The van der Waals surface area contributed by atoms with Crippen LogP contribution in [0.4, 0.5) is 0 Å². The van der Waals surface area contributed by atoms with Crippen LogP contribution in [0.15, 0.2) is 39.9 Å². The summed E-state index contributed by atoms with van der Waals surface area (Å²) in [5.41, 5.74) is 1.55. The minimum Gasteiger partial charge on any atom is -0.394 e. The van der Waals surface area contributed by atoms with E-state index in [9.17, 15) is 14.7 Å². The van der Waals surface area contributed by atoms with Crippen molar-refractivity contribution in [3.05, 3.63) is 68.0 Å². The van der Waals surface area contributed by atoms with Crippen LogP contribution in [0, 0.1) is 0 Å². The lowest BCUT2D eigenvalue weighted by molar-refractivity contribution is -0.0259. The van der Waals surface area contributed by atoms with Crippen molar-refractivity contribution in [2.75, 3.05) is 6.61 Å². The predicted molar refractivity (Wildman–Crippen MR) is 90.2 cm³/mol. The fraction of sp³-hybridized carbons (Fsp3) is 0.444. The van der Waals surface area contributed by atoms with Gasteiger partial charge < -0.3 is 9.84 Å². The zero-order valence-electron chi connectivity index (χ0n) is 13.7. The SMILES string of the molecule is CCc1c(Cc2ccccc2)n([C@@H]2CC[C@@H](CO)O2)c(=O)[nH]c1=O. The molecule has 0 amide bonds. The van der Waals surface area contributed by atoms with Gasteiger partial charge in [-0.25, -0.2) is 4.79 Å². The van der Waals surface area contributed by atoms with Crippen LogP contribution in [-0.4, -0.2) is 27.4 Å². The first kappa shape index (κ1) is 16.7. The Morgan fingerprint density at radius 3 is 2.62 bits per heavy atom. The number of nitrogens with zero attached hydrogens (tertiary/aromatic N) is 1. The van der Waals surface area contributed by atoms with Crippen LogP contribution in [0.3, 0.4) is 0 Å². The first-order valence-corrected chi connectivity index (χ1v) is 8.30. The molecule has 128 valence electrons. The Hall–Kier alpha value is -2.18. The maximum absolute atomic E-state index is 12.5. The summed E-state index contributed by atoms with van der Waals surface area (Å²) in [6.07, 6.45) is 1.65. The van der Waals surface area contributed by atoms with Crippen LogP contribution in [0.5, 0.6) is 0 Å². The van der Waals surface area contributed by atoms with Gasteiger partial charge in [0.05, 0.1) is 12.7 Å². The molecule has 6 nitrogen and oxygen atoms in total. The zero-order chi connectivity index (χ0) is 17.1. The van der Waals surface area contributed by atoms with Gasteiger partial charge in [0.1, 0.15) is 6.23 Å². The van der Waals surface area contributed by atoms with Crippen molar-refractivity contribution in [1.29, 1.82) is 0 Å². The van der Waals surface area contributed by atoms with E-state index in [-0.39, 0.29) is 18.3 Å². The zero-order valence-corrected chi connectivity index (χ0v) is 13.7. The fourth-order valence-corrected chi connectivity index (χ4v) is 3.29. The molecule has 2 heterocycles. The van der Waals surface area contributed by atoms with Gasteiger partial charge in [-0.05, 0) is 24.8 Å². The average molecular weight is 330 g/mol. The summed E-state index contributed by atoms with van der Waals surface area (Å²) < 4.78 is 7.34. The van der Waals surface area contributed by atoms with E-state index >= 15 is 0 Å². The van der Waals surface area contributed by atoms with Gasteiger partial charge in [-0.1, -0.05) is 37.3 Å². The Bertz CT molecular complexity index is 810. The second-order valence-electron chi connectivity index (χ2n) is 6.04. The normalized spacial score (nSPS) is 20.4. The van der Waals surface area contributed by atoms with E-state index in [2.05, 4.69) is 4.98 Å². The van der Waals surface area contributed by atoms with Crippen molar-refractivity contribution in [1.82, 2.24) is 9.55 Å². The number of nitrogens with one attached hydrogen (secondary N) is 1. The molecule has 24 heavy (non-hydrogen) atoms. The lowest BCUT2D eigenvalue weighted by Gasteiger charge is -2.21. The highest BCUT2D eigenvalue weighted by atomic mass is 16.5. The van der Waals surface area contributed by atoms with Crippen molar-refractivity contribution in [3.63, 3.8) is 0 Å². The Morgan fingerprint density at radius 1 is 1.25 bits per heavy atom. The molecule has 2 atom stereocenters. The van der Waals surface area contributed by atoms with Crippen molar-refractivity contribution >= 4 is 0 Å². The first-order chi connectivity index (χ1) is 11.6. The predicted octanol–water partition coefficient (Wildman–Crippen LogP) is 1.36. The molecule has 0 unspecified atom stereocenters. The first-order valence-electron chi connectivity index (χ1n) is 8.30. The molecule has 1 fully saturated rings. The van der Waals surface area contributed by atoms with E-state index in [1.807, 2.05) is 37.3 Å². The topological polar surface area (TPSA) is 84.3 Å². The lowest BCUT2D eigenvalue weighted by Crippen LogP contribution is -2.38. The van der Waals surface area contributed by atoms with Crippen LogP contribution >= 0.6 is 0 Å². The average Bonchev–Trinajstić information content (AvgIpc) is 3.04. The van der Waals surface area contributed by atoms with Gasteiger partial charge in [-0.2, -0.15) is 0 Å². The third kappa shape index (κ3) is 3.20. The van der Waals surface area contributed by atoms with Gasteiger partial charge in [0, 0.05) is 17.7 Å². The van der Waals surface area contributed by atoms with E-state index in [4.69, 9.17) is 4.74 Å². The van der Waals surface area contributed by atoms with Gasteiger partial charge in [0.2, 0.25) is 0 Å². The number of rotatable bonds is 5. The highest BCUT2D eigenvalue weighted by Gasteiger charge is 2.29. The van der Waals surface area contributed by atoms with Crippen LogP contribution < -0.4 is 11.2 Å². The number of aliphatic hydroxyl groups is 1. The molecular formula is C18H22N2O4. The Balaban J connectivity index is 2.10.